The first-order valence-electron chi connectivity index (χ1n) is 7.44. The molecule has 0 radical (unpaired) electrons. The van der Waals surface area contributed by atoms with Crippen LogP contribution in [-0.2, 0) is 12.8 Å². The molecule has 2 aromatic heterocycles. The number of fused-ring (bicyclic) bond motifs is 3. The number of aliphatic hydroxyl groups excluding tert-OH is 1. The first kappa shape index (κ1) is 12.5. The molecule has 0 bridgehead atoms. The van der Waals surface area contributed by atoms with Crippen LogP contribution in [-0.4, -0.2) is 34.3 Å². The van der Waals surface area contributed by atoms with Gasteiger partial charge in [0.2, 0.25) is 0 Å². The van der Waals surface area contributed by atoms with Gasteiger partial charge in [-0.15, -0.1) is 11.3 Å². The maximum atomic E-state index is 9.70. The Hall–Kier alpha value is -1.20. The van der Waals surface area contributed by atoms with Gasteiger partial charge in [0.15, 0.2) is 0 Å². The predicted octanol–water partition coefficient (Wildman–Crippen LogP) is 2.45. The topological polar surface area (TPSA) is 49.2 Å². The highest BCUT2D eigenvalue weighted by atomic mass is 32.1. The molecule has 0 aromatic carbocycles. The molecule has 1 fully saturated rings. The SMILES string of the molecule is Cc1nc(N2CCC(O)CC2)c2c3c(sc2n1)CCC3. The van der Waals surface area contributed by atoms with Crippen molar-refractivity contribution >= 4 is 27.4 Å². The highest BCUT2D eigenvalue weighted by Gasteiger charge is 2.26. The van der Waals surface area contributed by atoms with E-state index in [4.69, 9.17) is 4.98 Å². The van der Waals surface area contributed by atoms with Crippen LogP contribution in [0.2, 0.25) is 0 Å². The lowest BCUT2D eigenvalue weighted by Gasteiger charge is -2.31. The minimum absolute atomic E-state index is 0.141. The number of aromatic nitrogens is 2. The Labute approximate surface area is 122 Å². The summed E-state index contributed by atoms with van der Waals surface area (Å²) in [5, 5.41) is 11.0. The maximum absolute atomic E-state index is 9.70. The fourth-order valence-electron chi connectivity index (χ4n) is 3.39. The standard InChI is InChI=1S/C15H19N3OS/c1-9-16-14(18-7-5-10(19)6-8-18)13-11-3-2-4-12(11)20-15(13)17-9/h10,19H,2-8H2,1H3. The molecule has 0 amide bonds. The van der Waals surface area contributed by atoms with E-state index in [9.17, 15) is 5.11 Å². The van der Waals surface area contributed by atoms with Gasteiger partial charge >= 0.3 is 0 Å². The van der Waals surface area contributed by atoms with Crippen LogP contribution in [0.3, 0.4) is 0 Å². The van der Waals surface area contributed by atoms with E-state index < -0.39 is 0 Å². The number of thiophene rings is 1. The Balaban J connectivity index is 1.85. The second kappa shape index (κ2) is 4.67. The van der Waals surface area contributed by atoms with E-state index in [1.165, 1.54) is 35.1 Å². The zero-order valence-electron chi connectivity index (χ0n) is 11.7. The van der Waals surface area contributed by atoms with Gasteiger partial charge in [0, 0.05) is 18.0 Å². The lowest BCUT2D eigenvalue weighted by molar-refractivity contribution is 0.145. The molecule has 0 saturated carbocycles. The smallest absolute Gasteiger partial charge is 0.141 e. The summed E-state index contributed by atoms with van der Waals surface area (Å²) < 4.78 is 0. The van der Waals surface area contributed by atoms with Crippen molar-refractivity contribution < 1.29 is 5.11 Å². The normalized spacial score (nSPS) is 19.8. The first-order chi connectivity index (χ1) is 9.72. The number of aliphatic hydroxyl groups is 1. The van der Waals surface area contributed by atoms with E-state index in [1.807, 2.05) is 18.3 Å². The average Bonchev–Trinajstić information content (AvgIpc) is 2.98. The quantitative estimate of drug-likeness (QED) is 0.876. The molecule has 5 heteroatoms. The molecule has 4 nitrogen and oxygen atoms in total. The summed E-state index contributed by atoms with van der Waals surface area (Å²) >= 11 is 1.85. The third-order valence-corrected chi connectivity index (χ3v) is 5.61. The lowest BCUT2D eigenvalue weighted by atomic mass is 10.1. The van der Waals surface area contributed by atoms with Crippen LogP contribution in [0, 0.1) is 6.92 Å². The third-order valence-electron chi connectivity index (χ3n) is 4.42. The number of piperidine rings is 1. The molecule has 0 atom stereocenters. The Kier molecular flexibility index (Phi) is 2.93. The van der Waals surface area contributed by atoms with Crippen LogP contribution in [0.4, 0.5) is 5.82 Å². The highest BCUT2D eigenvalue weighted by molar-refractivity contribution is 7.19. The zero-order chi connectivity index (χ0) is 13.7. The molecule has 4 rings (SSSR count). The Morgan fingerprint density at radius 3 is 2.80 bits per heavy atom. The maximum Gasteiger partial charge on any atom is 0.141 e. The van der Waals surface area contributed by atoms with Crippen molar-refractivity contribution in [3.05, 3.63) is 16.3 Å². The second-order valence-electron chi connectivity index (χ2n) is 5.85. The number of hydrogen-bond donors (Lipinski definition) is 1. The summed E-state index contributed by atoms with van der Waals surface area (Å²) in [6.45, 7) is 3.78. The van der Waals surface area contributed by atoms with Crippen molar-refractivity contribution in [3.63, 3.8) is 0 Å². The summed E-state index contributed by atoms with van der Waals surface area (Å²) in [6, 6.07) is 0. The molecule has 0 unspecified atom stereocenters. The Morgan fingerprint density at radius 1 is 1.20 bits per heavy atom. The first-order valence-corrected chi connectivity index (χ1v) is 8.26. The van der Waals surface area contributed by atoms with Gasteiger partial charge in [0.25, 0.3) is 0 Å². The van der Waals surface area contributed by atoms with Crippen molar-refractivity contribution in [2.75, 3.05) is 18.0 Å². The van der Waals surface area contributed by atoms with Gasteiger partial charge in [-0.05, 0) is 44.6 Å². The van der Waals surface area contributed by atoms with Crippen LogP contribution >= 0.6 is 11.3 Å². The summed E-state index contributed by atoms with van der Waals surface area (Å²) in [6.07, 6.45) is 5.19. The molecule has 2 aromatic rings. The molecule has 1 N–H and O–H groups in total. The van der Waals surface area contributed by atoms with E-state index in [1.54, 1.807) is 0 Å². The van der Waals surface area contributed by atoms with E-state index in [-0.39, 0.29) is 6.10 Å². The van der Waals surface area contributed by atoms with Gasteiger partial charge in [-0.3, -0.25) is 0 Å². The molecule has 1 saturated heterocycles. The largest absolute Gasteiger partial charge is 0.393 e. The number of aryl methyl sites for hydroxylation is 3. The van der Waals surface area contributed by atoms with Crippen LogP contribution in [0.1, 0.15) is 35.5 Å². The van der Waals surface area contributed by atoms with Crippen LogP contribution in [0.25, 0.3) is 10.2 Å². The van der Waals surface area contributed by atoms with Gasteiger partial charge in [-0.2, -0.15) is 0 Å². The molecular formula is C15H19N3OS. The molecular weight excluding hydrogens is 270 g/mol. The van der Waals surface area contributed by atoms with Crippen molar-refractivity contribution in [1.82, 2.24) is 9.97 Å². The summed E-state index contributed by atoms with van der Waals surface area (Å²) in [5.74, 6) is 1.97. The monoisotopic (exact) mass is 289 g/mol. The van der Waals surface area contributed by atoms with Crippen LogP contribution in [0.5, 0.6) is 0 Å². The molecule has 1 aliphatic heterocycles. The molecule has 20 heavy (non-hydrogen) atoms. The summed E-state index contributed by atoms with van der Waals surface area (Å²) in [5.41, 5.74) is 1.49. The van der Waals surface area contributed by atoms with Gasteiger partial charge in [0.05, 0.1) is 11.5 Å². The number of rotatable bonds is 1. The van der Waals surface area contributed by atoms with E-state index in [0.29, 0.717) is 0 Å². The molecule has 0 spiro atoms. The fourth-order valence-corrected chi connectivity index (χ4v) is 4.69. The van der Waals surface area contributed by atoms with Crippen molar-refractivity contribution in [2.24, 2.45) is 0 Å². The van der Waals surface area contributed by atoms with Crippen LogP contribution in [0.15, 0.2) is 0 Å². The third kappa shape index (κ3) is 1.91. The van der Waals surface area contributed by atoms with E-state index >= 15 is 0 Å². The minimum atomic E-state index is -0.141. The summed E-state index contributed by atoms with van der Waals surface area (Å²) in [4.78, 5) is 14.4. The van der Waals surface area contributed by atoms with Crippen LogP contribution < -0.4 is 4.90 Å². The van der Waals surface area contributed by atoms with Crippen molar-refractivity contribution in [3.8, 4) is 0 Å². The molecule has 1 aliphatic carbocycles. The predicted molar refractivity (Wildman–Crippen MR) is 81.6 cm³/mol. The number of hydrogen-bond acceptors (Lipinski definition) is 5. The average molecular weight is 289 g/mol. The Bertz CT molecular complexity index is 659. The Morgan fingerprint density at radius 2 is 2.00 bits per heavy atom. The fraction of sp³-hybridized carbons (Fsp3) is 0.600. The van der Waals surface area contributed by atoms with Gasteiger partial charge in [0.1, 0.15) is 16.5 Å². The highest BCUT2D eigenvalue weighted by Crippen LogP contribution is 2.40. The minimum Gasteiger partial charge on any atom is -0.393 e. The van der Waals surface area contributed by atoms with Gasteiger partial charge in [-0.1, -0.05) is 0 Å². The number of anilines is 1. The summed E-state index contributed by atoms with van der Waals surface area (Å²) in [7, 11) is 0. The van der Waals surface area contributed by atoms with E-state index in [2.05, 4.69) is 9.88 Å². The molecule has 3 heterocycles. The van der Waals surface area contributed by atoms with Gasteiger partial charge < -0.3 is 10.0 Å². The molecule has 106 valence electrons. The van der Waals surface area contributed by atoms with Crippen molar-refractivity contribution in [1.29, 1.82) is 0 Å². The molecule has 2 aliphatic rings. The second-order valence-corrected chi connectivity index (χ2v) is 6.93. The van der Waals surface area contributed by atoms with Gasteiger partial charge in [-0.25, -0.2) is 9.97 Å². The lowest BCUT2D eigenvalue weighted by Crippen LogP contribution is -2.36. The van der Waals surface area contributed by atoms with Crippen molar-refractivity contribution in [2.45, 2.75) is 45.1 Å². The number of nitrogens with zero attached hydrogens (tertiary/aromatic N) is 3. The zero-order valence-corrected chi connectivity index (χ0v) is 12.5. The van der Waals surface area contributed by atoms with E-state index in [0.717, 1.165) is 42.4 Å².